The lowest BCUT2D eigenvalue weighted by molar-refractivity contribution is 0.431. The summed E-state index contributed by atoms with van der Waals surface area (Å²) in [4.78, 5) is 4.57. The molecule has 1 aliphatic rings. The highest BCUT2D eigenvalue weighted by atomic mass is 35.5. The van der Waals surface area contributed by atoms with Gasteiger partial charge in [0.2, 0.25) is 5.96 Å². The maximum atomic E-state index is 6.12. The van der Waals surface area contributed by atoms with E-state index in [4.69, 9.17) is 11.6 Å². The number of benzene rings is 1. The number of thiophene rings is 1. The molecule has 0 fully saturated rings. The molecule has 128 valence electrons. The summed E-state index contributed by atoms with van der Waals surface area (Å²) in [7, 11) is 0. The smallest absolute Gasteiger partial charge is 0.225 e. The van der Waals surface area contributed by atoms with E-state index < -0.39 is 0 Å². The summed E-state index contributed by atoms with van der Waals surface area (Å²) in [5.41, 5.74) is 1.25. The van der Waals surface area contributed by atoms with Crippen molar-refractivity contribution in [2.24, 2.45) is 16.0 Å². The Kier molecular flexibility index (Phi) is 5.69. The summed E-state index contributed by atoms with van der Waals surface area (Å²) >= 11 is 9.49. The van der Waals surface area contributed by atoms with Crippen LogP contribution in [0.2, 0.25) is 5.02 Å². The van der Waals surface area contributed by atoms with Crippen LogP contribution in [-0.4, -0.2) is 30.3 Å². The van der Waals surface area contributed by atoms with Gasteiger partial charge in [0.25, 0.3) is 0 Å². The highest BCUT2D eigenvalue weighted by Crippen LogP contribution is 2.37. The number of aryl methyl sites for hydroxylation is 1. The molecule has 1 unspecified atom stereocenters. The number of guanidine groups is 1. The van der Waals surface area contributed by atoms with Crippen molar-refractivity contribution in [1.82, 2.24) is 9.73 Å². The zero-order valence-corrected chi connectivity index (χ0v) is 16.4. The molecule has 24 heavy (non-hydrogen) atoms. The molecule has 7 heteroatoms. The summed E-state index contributed by atoms with van der Waals surface area (Å²) in [6, 6.07) is 6.05. The van der Waals surface area contributed by atoms with Gasteiger partial charge in [-0.15, -0.1) is 11.3 Å². The standard InChI is InChI=1S/C17H21ClN4S2/c1-4-12-9-20-22(10-12)17(19-5-2)21-24-16-11(3)14-8-13(18)6-7-15(14)23-16/h6-9,12H,4-5,10H2,1-3H3,(H,19,21). The van der Waals surface area contributed by atoms with Gasteiger partial charge in [-0.25, -0.2) is 5.01 Å². The number of rotatable bonds is 4. The highest BCUT2D eigenvalue weighted by molar-refractivity contribution is 8.00. The number of hydrazone groups is 1. The molecule has 3 rings (SSSR count). The fraction of sp³-hybridized carbons (Fsp3) is 0.412. The number of fused-ring (bicyclic) bond motifs is 1. The lowest BCUT2D eigenvalue weighted by Crippen LogP contribution is -2.34. The van der Waals surface area contributed by atoms with Gasteiger partial charge in [0.15, 0.2) is 0 Å². The van der Waals surface area contributed by atoms with E-state index in [9.17, 15) is 0 Å². The number of aliphatic imine (C=N–C) groups is 1. The minimum absolute atomic E-state index is 0.507. The maximum absolute atomic E-state index is 6.12. The third-order valence-corrected chi connectivity index (χ3v) is 6.57. The van der Waals surface area contributed by atoms with E-state index in [0.29, 0.717) is 5.92 Å². The summed E-state index contributed by atoms with van der Waals surface area (Å²) in [6.45, 7) is 7.98. The first-order valence-corrected chi connectivity index (χ1v) is 10.1. The Bertz CT molecular complexity index is 784. The van der Waals surface area contributed by atoms with E-state index in [0.717, 1.165) is 30.5 Å². The van der Waals surface area contributed by atoms with E-state index in [1.54, 1.807) is 23.3 Å². The van der Waals surface area contributed by atoms with Gasteiger partial charge in [0.05, 0.1) is 10.8 Å². The molecule has 2 heterocycles. The summed E-state index contributed by atoms with van der Waals surface area (Å²) in [6.07, 6.45) is 3.12. The second-order valence-electron chi connectivity index (χ2n) is 5.67. The molecule has 4 nitrogen and oxygen atoms in total. The average Bonchev–Trinajstić information content (AvgIpc) is 3.17. The van der Waals surface area contributed by atoms with Crippen molar-refractivity contribution in [3.63, 3.8) is 0 Å². The molecule has 0 bridgehead atoms. The van der Waals surface area contributed by atoms with Crippen LogP contribution >= 0.6 is 34.9 Å². The highest BCUT2D eigenvalue weighted by Gasteiger charge is 2.21. The Morgan fingerprint density at radius 2 is 2.33 bits per heavy atom. The van der Waals surface area contributed by atoms with Crippen LogP contribution in [0.5, 0.6) is 0 Å². The molecule has 0 spiro atoms. The van der Waals surface area contributed by atoms with Crippen molar-refractivity contribution >= 4 is 57.1 Å². The second-order valence-corrected chi connectivity index (χ2v) is 8.24. The molecule has 0 aliphatic carbocycles. The predicted octanol–water partition coefficient (Wildman–Crippen LogP) is 5.16. The summed E-state index contributed by atoms with van der Waals surface area (Å²) in [5.74, 6) is 1.33. The van der Waals surface area contributed by atoms with Crippen LogP contribution in [0.3, 0.4) is 0 Å². The molecule has 0 saturated carbocycles. The molecule has 0 saturated heterocycles. The van der Waals surface area contributed by atoms with Crippen LogP contribution in [0, 0.1) is 12.8 Å². The lowest BCUT2D eigenvalue weighted by atomic mass is 10.1. The van der Waals surface area contributed by atoms with E-state index >= 15 is 0 Å². The minimum Gasteiger partial charge on any atom is -0.294 e. The Morgan fingerprint density at radius 3 is 3.04 bits per heavy atom. The molecule has 1 aliphatic heterocycles. The van der Waals surface area contributed by atoms with Crippen LogP contribution in [0.15, 0.2) is 32.5 Å². The zero-order valence-electron chi connectivity index (χ0n) is 14.0. The Labute approximate surface area is 156 Å². The van der Waals surface area contributed by atoms with Crippen molar-refractivity contribution < 1.29 is 0 Å². The quantitative estimate of drug-likeness (QED) is 0.452. The Hall–Kier alpha value is -1.24. The predicted molar refractivity (Wildman–Crippen MR) is 108 cm³/mol. The molecule has 0 amide bonds. The van der Waals surface area contributed by atoms with Crippen LogP contribution in [0.25, 0.3) is 10.1 Å². The monoisotopic (exact) mass is 380 g/mol. The Balaban J connectivity index is 1.75. The molecule has 1 aromatic heterocycles. The third kappa shape index (κ3) is 3.71. The second kappa shape index (κ2) is 7.76. The zero-order chi connectivity index (χ0) is 17.1. The Morgan fingerprint density at radius 1 is 1.50 bits per heavy atom. The van der Waals surface area contributed by atoms with Crippen molar-refractivity contribution in [3.05, 3.63) is 28.8 Å². The molecular formula is C17H21ClN4S2. The van der Waals surface area contributed by atoms with Crippen molar-refractivity contribution in [2.45, 2.75) is 31.4 Å². The number of nitrogens with one attached hydrogen (secondary N) is 1. The van der Waals surface area contributed by atoms with E-state index in [1.807, 2.05) is 30.3 Å². The number of hydrogen-bond donors (Lipinski definition) is 1. The number of hydrogen-bond acceptors (Lipinski definition) is 4. The summed E-state index contributed by atoms with van der Waals surface area (Å²) < 4.78 is 5.87. The van der Waals surface area contributed by atoms with E-state index in [-0.39, 0.29) is 0 Å². The minimum atomic E-state index is 0.507. The average molecular weight is 381 g/mol. The first-order chi connectivity index (χ1) is 11.6. The largest absolute Gasteiger partial charge is 0.294 e. The molecule has 1 N–H and O–H groups in total. The summed E-state index contributed by atoms with van der Waals surface area (Å²) in [5, 5.41) is 8.44. The topological polar surface area (TPSA) is 40.0 Å². The number of halogens is 1. The van der Waals surface area contributed by atoms with Gasteiger partial charge in [-0.2, -0.15) is 5.10 Å². The molecule has 1 aromatic carbocycles. The lowest BCUT2D eigenvalue weighted by Gasteiger charge is -2.18. The van der Waals surface area contributed by atoms with Crippen LogP contribution in [0.4, 0.5) is 0 Å². The van der Waals surface area contributed by atoms with Gasteiger partial charge in [-0.05, 0) is 61.4 Å². The fourth-order valence-electron chi connectivity index (χ4n) is 2.54. The maximum Gasteiger partial charge on any atom is 0.225 e. The molecule has 1 atom stereocenters. The first-order valence-electron chi connectivity index (χ1n) is 8.10. The van der Waals surface area contributed by atoms with Gasteiger partial charge >= 0.3 is 0 Å². The van der Waals surface area contributed by atoms with Gasteiger partial charge < -0.3 is 0 Å². The van der Waals surface area contributed by atoms with E-state index in [2.05, 4.69) is 34.7 Å². The van der Waals surface area contributed by atoms with Crippen molar-refractivity contribution in [3.8, 4) is 0 Å². The first kappa shape index (κ1) is 17.6. The SMILES string of the molecule is CCN=C(NSc1sc2ccc(Cl)cc2c1C)N1CC(CC)C=N1. The van der Waals surface area contributed by atoms with Crippen LogP contribution in [-0.2, 0) is 0 Å². The number of nitrogens with zero attached hydrogens (tertiary/aromatic N) is 3. The molecule has 2 aromatic rings. The van der Waals surface area contributed by atoms with Crippen LogP contribution < -0.4 is 4.72 Å². The molecular weight excluding hydrogens is 360 g/mol. The van der Waals surface area contributed by atoms with Gasteiger partial charge in [-0.3, -0.25) is 9.71 Å². The van der Waals surface area contributed by atoms with Gasteiger partial charge in [0, 0.05) is 28.4 Å². The van der Waals surface area contributed by atoms with Crippen LogP contribution in [0.1, 0.15) is 25.8 Å². The fourth-order valence-corrected chi connectivity index (χ4v) is 4.81. The van der Waals surface area contributed by atoms with Gasteiger partial charge in [0.1, 0.15) is 0 Å². The van der Waals surface area contributed by atoms with Crippen molar-refractivity contribution in [2.75, 3.05) is 13.1 Å². The normalized spacial score (nSPS) is 17.9. The molecule has 0 radical (unpaired) electrons. The van der Waals surface area contributed by atoms with Gasteiger partial charge in [-0.1, -0.05) is 18.5 Å². The third-order valence-electron chi connectivity index (χ3n) is 3.99. The van der Waals surface area contributed by atoms with E-state index in [1.165, 1.54) is 19.9 Å². The van der Waals surface area contributed by atoms with Crippen molar-refractivity contribution in [1.29, 1.82) is 0 Å².